The largest absolute Gasteiger partial charge is 0.490 e. The molecule has 7 nitrogen and oxygen atoms in total. The molecule has 0 aromatic heterocycles. The third-order valence-electron chi connectivity index (χ3n) is 3.88. The van der Waals surface area contributed by atoms with Gasteiger partial charge in [0, 0.05) is 29.8 Å². The summed E-state index contributed by atoms with van der Waals surface area (Å²) in [6.45, 7) is 1.71. The lowest BCUT2D eigenvalue weighted by Crippen LogP contribution is -2.17. The van der Waals surface area contributed by atoms with E-state index in [1.54, 1.807) is 6.92 Å². The van der Waals surface area contributed by atoms with E-state index in [-0.39, 0.29) is 47.0 Å². The van der Waals surface area contributed by atoms with Gasteiger partial charge >= 0.3 is 5.97 Å². The van der Waals surface area contributed by atoms with Gasteiger partial charge in [0.25, 0.3) is 0 Å². The van der Waals surface area contributed by atoms with Crippen LogP contribution in [-0.4, -0.2) is 32.1 Å². The van der Waals surface area contributed by atoms with Gasteiger partial charge in [-0.15, -0.1) is 0 Å². The molecule has 0 bridgehead atoms. The van der Waals surface area contributed by atoms with Crippen LogP contribution in [-0.2, 0) is 4.74 Å². The van der Waals surface area contributed by atoms with Crippen LogP contribution in [0, 0.1) is 11.6 Å². The lowest BCUT2D eigenvalue weighted by molar-refractivity contribution is 0.0601. The van der Waals surface area contributed by atoms with E-state index in [0.717, 1.165) is 19.2 Å². The summed E-state index contributed by atoms with van der Waals surface area (Å²) in [5.74, 6) is -2.49. The number of nitrogen functional groups attached to an aromatic ring is 2. The number of hydrogen-bond acceptors (Lipinski definition) is 7. The highest BCUT2D eigenvalue weighted by Gasteiger charge is 2.17. The third-order valence-corrected chi connectivity index (χ3v) is 3.88. The molecule has 2 aromatic rings. The zero-order valence-electron chi connectivity index (χ0n) is 15.3. The van der Waals surface area contributed by atoms with Crippen LogP contribution in [0.1, 0.15) is 34.1 Å². The zero-order chi connectivity index (χ0) is 20.8. The number of benzene rings is 2. The summed E-state index contributed by atoms with van der Waals surface area (Å²) in [6.07, 6.45) is 0.226. The minimum atomic E-state index is -0.773. The molecule has 0 radical (unpaired) electrons. The van der Waals surface area contributed by atoms with E-state index in [1.807, 2.05) is 0 Å². The Hall–Kier alpha value is -3.36. The monoisotopic (exact) mass is 394 g/mol. The molecule has 4 N–H and O–H groups in total. The fourth-order valence-corrected chi connectivity index (χ4v) is 2.35. The van der Waals surface area contributed by atoms with Crippen molar-refractivity contribution in [3.8, 4) is 11.5 Å². The highest BCUT2D eigenvalue weighted by Crippen LogP contribution is 2.27. The van der Waals surface area contributed by atoms with E-state index in [4.69, 9.17) is 20.9 Å². The lowest BCUT2D eigenvalue weighted by Gasteiger charge is -2.17. The number of carbonyl (C=O) groups excluding carboxylic acids is 2. The summed E-state index contributed by atoms with van der Waals surface area (Å²) < 4.78 is 43.3. The van der Waals surface area contributed by atoms with Crippen LogP contribution in [0.3, 0.4) is 0 Å². The van der Waals surface area contributed by atoms with Crippen molar-refractivity contribution >= 4 is 23.6 Å². The van der Waals surface area contributed by atoms with E-state index < -0.39 is 23.7 Å². The second-order valence-electron chi connectivity index (χ2n) is 5.96. The molecule has 9 heteroatoms. The number of ether oxygens (including phenoxy) is 3. The van der Waals surface area contributed by atoms with Crippen LogP contribution in [0.5, 0.6) is 11.5 Å². The van der Waals surface area contributed by atoms with Gasteiger partial charge in [-0.2, -0.15) is 0 Å². The van der Waals surface area contributed by atoms with Crippen molar-refractivity contribution in [3.05, 3.63) is 47.0 Å². The molecule has 0 heterocycles. The van der Waals surface area contributed by atoms with E-state index in [1.165, 1.54) is 12.1 Å². The first kappa shape index (κ1) is 20.9. The normalized spacial score (nSPS) is 11.6. The Balaban J connectivity index is 1.97. The topological polar surface area (TPSA) is 114 Å². The smallest absolute Gasteiger partial charge is 0.340 e. The van der Waals surface area contributed by atoms with Gasteiger partial charge in [0.15, 0.2) is 29.4 Å². The van der Waals surface area contributed by atoms with Gasteiger partial charge < -0.3 is 25.7 Å². The third kappa shape index (κ3) is 4.87. The van der Waals surface area contributed by atoms with Gasteiger partial charge in [0.2, 0.25) is 0 Å². The predicted octanol–water partition coefficient (Wildman–Crippen LogP) is 2.96. The standard InChI is InChI=1S/C19H20F2N2O5/c1-10(3-4-27-17-7-15(22)11(9-24)5-13(17)20)28-18-8-16(23)12(6-14(18)21)19(25)26-2/h5-10H,3-4,22-23H2,1-2H3. The molecule has 2 rings (SSSR count). The molecule has 0 amide bonds. The van der Waals surface area contributed by atoms with Crippen molar-refractivity contribution in [1.29, 1.82) is 0 Å². The van der Waals surface area contributed by atoms with Crippen molar-refractivity contribution < 1.29 is 32.6 Å². The minimum Gasteiger partial charge on any atom is -0.490 e. The van der Waals surface area contributed by atoms with Crippen LogP contribution in [0.25, 0.3) is 0 Å². The zero-order valence-corrected chi connectivity index (χ0v) is 15.3. The molecule has 0 aliphatic carbocycles. The predicted molar refractivity (Wildman–Crippen MR) is 98.6 cm³/mol. The average Bonchev–Trinajstić information content (AvgIpc) is 2.66. The second-order valence-corrected chi connectivity index (χ2v) is 5.96. The summed E-state index contributed by atoms with van der Waals surface area (Å²) in [5.41, 5.74) is 11.4. The summed E-state index contributed by atoms with van der Waals surface area (Å²) in [4.78, 5) is 22.2. The van der Waals surface area contributed by atoms with E-state index >= 15 is 0 Å². The maximum Gasteiger partial charge on any atom is 0.340 e. The molecule has 150 valence electrons. The second kappa shape index (κ2) is 9.03. The van der Waals surface area contributed by atoms with Crippen molar-refractivity contribution in [1.82, 2.24) is 0 Å². The van der Waals surface area contributed by atoms with Gasteiger partial charge in [0.05, 0.1) is 31.1 Å². The number of halogens is 2. The molecule has 0 spiro atoms. The van der Waals surface area contributed by atoms with E-state index in [9.17, 15) is 18.4 Å². The molecule has 1 unspecified atom stereocenters. The van der Waals surface area contributed by atoms with Crippen LogP contribution < -0.4 is 20.9 Å². The fraction of sp³-hybridized carbons (Fsp3) is 0.263. The summed E-state index contributed by atoms with van der Waals surface area (Å²) in [7, 11) is 1.16. The van der Waals surface area contributed by atoms with Gasteiger partial charge in [-0.3, -0.25) is 4.79 Å². The van der Waals surface area contributed by atoms with E-state index in [0.29, 0.717) is 6.29 Å². The van der Waals surface area contributed by atoms with Gasteiger partial charge in [0.1, 0.15) is 0 Å². The lowest BCUT2D eigenvalue weighted by atomic mass is 10.1. The van der Waals surface area contributed by atoms with Crippen LogP contribution >= 0.6 is 0 Å². The fourth-order valence-electron chi connectivity index (χ4n) is 2.35. The van der Waals surface area contributed by atoms with E-state index in [2.05, 4.69) is 4.74 Å². The van der Waals surface area contributed by atoms with Crippen molar-refractivity contribution in [3.63, 3.8) is 0 Å². The molecule has 1 atom stereocenters. The van der Waals surface area contributed by atoms with Crippen molar-refractivity contribution in [2.75, 3.05) is 25.2 Å². The van der Waals surface area contributed by atoms with Gasteiger partial charge in [-0.25, -0.2) is 13.6 Å². The molecule has 0 fully saturated rings. The maximum absolute atomic E-state index is 14.1. The SMILES string of the molecule is COC(=O)c1cc(F)c(OC(C)CCOc2cc(N)c(C=O)cc2F)cc1N. The highest BCUT2D eigenvalue weighted by molar-refractivity contribution is 5.95. The first-order valence-corrected chi connectivity index (χ1v) is 8.27. The quantitative estimate of drug-likeness (QED) is 0.402. The van der Waals surface area contributed by atoms with Crippen LogP contribution in [0.4, 0.5) is 20.2 Å². The van der Waals surface area contributed by atoms with Crippen molar-refractivity contribution in [2.24, 2.45) is 0 Å². The number of esters is 1. The molecule has 2 aromatic carbocycles. The number of nitrogens with two attached hydrogens (primary N) is 2. The average molecular weight is 394 g/mol. The number of methoxy groups -OCH3 is 1. The molecule has 0 saturated heterocycles. The number of aldehydes is 1. The summed E-state index contributed by atoms with van der Waals surface area (Å²) in [6, 6.07) is 4.33. The Labute approximate surface area is 160 Å². The Kier molecular flexibility index (Phi) is 6.75. The Morgan fingerprint density at radius 2 is 1.75 bits per heavy atom. The Morgan fingerprint density at radius 3 is 2.39 bits per heavy atom. The highest BCUT2D eigenvalue weighted by atomic mass is 19.1. The van der Waals surface area contributed by atoms with Crippen LogP contribution in [0.2, 0.25) is 0 Å². The summed E-state index contributed by atoms with van der Waals surface area (Å²) in [5, 5.41) is 0. The van der Waals surface area contributed by atoms with Crippen LogP contribution in [0.15, 0.2) is 24.3 Å². The summed E-state index contributed by atoms with van der Waals surface area (Å²) >= 11 is 0. The first-order valence-electron chi connectivity index (χ1n) is 8.27. The van der Waals surface area contributed by atoms with Gasteiger partial charge in [-0.1, -0.05) is 0 Å². The molecule has 28 heavy (non-hydrogen) atoms. The maximum atomic E-state index is 14.1. The Morgan fingerprint density at radius 1 is 1.11 bits per heavy atom. The molecule has 0 saturated carbocycles. The van der Waals surface area contributed by atoms with Gasteiger partial charge in [-0.05, 0) is 19.1 Å². The molecule has 0 aliphatic rings. The number of rotatable bonds is 8. The minimum absolute atomic E-state index is 0.0134. The molecular formula is C19H20F2N2O5. The Bertz CT molecular complexity index is 889. The van der Waals surface area contributed by atoms with Crippen molar-refractivity contribution in [2.45, 2.75) is 19.4 Å². The molecule has 0 aliphatic heterocycles. The number of carbonyl (C=O) groups is 2. The number of hydrogen-bond donors (Lipinski definition) is 2. The first-order chi connectivity index (χ1) is 13.3. The number of anilines is 2. The molecular weight excluding hydrogens is 374 g/mol.